The SMILES string of the molecule is CCOC(=O)c1sc(NC(=O)C23C[C@H]4C[C@@H](C2)CC(n2cnc(Cl)n2)(C4)C3)c(C#N)c1C. The van der Waals surface area contributed by atoms with Crippen LogP contribution in [0.25, 0.3) is 0 Å². The van der Waals surface area contributed by atoms with Gasteiger partial charge in [-0.1, -0.05) is 0 Å². The third-order valence-corrected chi connectivity index (χ3v) is 8.77. The Morgan fingerprint density at radius 3 is 2.69 bits per heavy atom. The minimum Gasteiger partial charge on any atom is -0.462 e. The van der Waals surface area contributed by atoms with Gasteiger partial charge < -0.3 is 10.1 Å². The molecule has 2 heterocycles. The lowest BCUT2D eigenvalue weighted by atomic mass is 9.46. The van der Waals surface area contributed by atoms with Crippen molar-refractivity contribution in [3.05, 3.63) is 27.6 Å². The van der Waals surface area contributed by atoms with Gasteiger partial charge in [0.1, 0.15) is 22.3 Å². The summed E-state index contributed by atoms with van der Waals surface area (Å²) in [5.74, 6) is 0.348. The van der Waals surface area contributed by atoms with Crippen LogP contribution in [0, 0.1) is 35.5 Å². The Balaban J connectivity index is 1.46. The number of carbonyl (C=O) groups is 2. The number of nitrogens with one attached hydrogen (secondary N) is 1. The van der Waals surface area contributed by atoms with E-state index in [1.165, 1.54) is 0 Å². The summed E-state index contributed by atoms with van der Waals surface area (Å²) in [6, 6.07) is 2.15. The average molecular weight is 474 g/mol. The molecule has 0 aliphatic heterocycles. The van der Waals surface area contributed by atoms with Crippen LogP contribution in [0.15, 0.2) is 6.33 Å². The first kappa shape index (κ1) is 21.4. The molecule has 32 heavy (non-hydrogen) atoms. The molecule has 4 aliphatic carbocycles. The minimum absolute atomic E-state index is 0.0738. The molecule has 1 N–H and O–H groups in total. The minimum atomic E-state index is -0.531. The van der Waals surface area contributed by atoms with Crippen molar-refractivity contribution in [2.24, 2.45) is 17.3 Å². The van der Waals surface area contributed by atoms with Gasteiger partial charge in [0.2, 0.25) is 11.2 Å². The molecule has 0 aromatic carbocycles. The van der Waals surface area contributed by atoms with Crippen molar-refractivity contribution in [3.63, 3.8) is 0 Å². The van der Waals surface area contributed by atoms with Crippen molar-refractivity contribution >= 4 is 39.8 Å². The Labute approximate surface area is 194 Å². The molecule has 4 saturated carbocycles. The first-order valence-corrected chi connectivity index (χ1v) is 12.1. The lowest BCUT2D eigenvalue weighted by molar-refractivity contribution is -0.150. The lowest BCUT2D eigenvalue weighted by Gasteiger charge is -2.60. The monoisotopic (exact) mass is 473 g/mol. The molecule has 0 radical (unpaired) electrons. The molecular formula is C22H24ClN5O3S. The number of halogens is 1. The lowest BCUT2D eigenvalue weighted by Crippen LogP contribution is -2.60. The fourth-order valence-electron chi connectivity index (χ4n) is 6.58. The number of carbonyl (C=O) groups excluding carboxylic acids is 2. The van der Waals surface area contributed by atoms with Gasteiger partial charge in [-0.2, -0.15) is 5.26 Å². The first-order chi connectivity index (χ1) is 15.3. The van der Waals surface area contributed by atoms with Crippen LogP contribution in [0.2, 0.25) is 5.28 Å². The maximum atomic E-state index is 13.7. The second-order valence-corrected chi connectivity index (χ2v) is 10.8. The van der Waals surface area contributed by atoms with E-state index in [-0.39, 0.29) is 23.3 Å². The molecular weight excluding hydrogens is 450 g/mol. The van der Waals surface area contributed by atoms with Gasteiger partial charge in [0.15, 0.2) is 0 Å². The molecule has 4 bridgehead atoms. The van der Waals surface area contributed by atoms with Gasteiger partial charge in [-0.15, -0.1) is 16.4 Å². The number of hydrogen-bond acceptors (Lipinski definition) is 7. The number of aromatic nitrogens is 3. The number of anilines is 1. The Morgan fingerprint density at radius 1 is 1.38 bits per heavy atom. The summed E-state index contributed by atoms with van der Waals surface area (Å²) in [6.45, 7) is 3.70. The molecule has 4 atom stereocenters. The third-order valence-electron chi connectivity index (χ3n) is 7.41. The second-order valence-electron chi connectivity index (χ2n) is 9.47. The Hall–Kier alpha value is -2.44. The highest BCUT2D eigenvalue weighted by atomic mass is 35.5. The molecule has 168 valence electrons. The quantitative estimate of drug-likeness (QED) is 0.649. The zero-order valence-corrected chi connectivity index (χ0v) is 19.6. The van der Waals surface area contributed by atoms with E-state index in [0.29, 0.717) is 39.3 Å². The first-order valence-electron chi connectivity index (χ1n) is 10.9. The number of ether oxygens (including phenoxy) is 1. The highest BCUT2D eigenvalue weighted by molar-refractivity contribution is 7.18. The van der Waals surface area contributed by atoms with Crippen LogP contribution in [0.1, 0.15) is 66.2 Å². The van der Waals surface area contributed by atoms with E-state index < -0.39 is 11.4 Å². The number of nitriles is 1. The highest BCUT2D eigenvalue weighted by Crippen LogP contribution is 2.64. The number of thiophene rings is 1. The van der Waals surface area contributed by atoms with E-state index in [9.17, 15) is 14.9 Å². The summed E-state index contributed by atoms with van der Waals surface area (Å²) in [7, 11) is 0. The fraction of sp³-hybridized carbons (Fsp3) is 0.591. The van der Waals surface area contributed by atoms with Crippen molar-refractivity contribution in [2.75, 3.05) is 11.9 Å². The smallest absolute Gasteiger partial charge is 0.348 e. The number of amides is 1. The van der Waals surface area contributed by atoms with Crippen LogP contribution >= 0.6 is 22.9 Å². The molecule has 8 nitrogen and oxygen atoms in total. The Morgan fingerprint density at radius 2 is 2.09 bits per heavy atom. The standard InChI is InChI=1S/C22H24ClN5O3S/c1-3-31-18(29)16-12(2)15(9-24)17(32-16)26-19(30)21-5-13-4-14(6-21)8-22(7-13,10-21)28-11-25-20(23)27-28/h11,13-14H,3-8,10H2,1-2H3,(H,26,30)/t13-,14+,21?,22?. The van der Waals surface area contributed by atoms with Gasteiger partial charge in [0, 0.05) is 0 Å². The van der Waals surface area contributed by atoms with Crippen LogP contribution in [0.5, 0.6) is 0 Å². The van der Waals surface area contributed by atoms with Gasteiger partial charge in [-0.25, -0.2) is 14.5 Å². The molecule has 2 aromatic rings. The van der Waals surface area contributed by atoms with Gasteiger partial charge in [-0.3, -0.25) is 4.79 Å². The summed E-state index contributed by atoms with van der Waals surface area (Å²) in [4.78, 5) is 30.5. The van der Waals surface area contributed by atoms with Crippen LogP contribution in [-0.2, 0) is 15.1 Å². The van der Waals surface area contributed by atoms with Crippen molar-refractivity contribution in [1.82, 2.24) is 14.8 Å². The van der Waals surface area contributed by atoms with E-state index in [1.54, 1.807) is 20.2 Å². The van der Waals surface area contributed by atoms with E-state index in [2.05, 4.69) is 21.5 Å². The second kappa shape index (κ2) is 7.56. The van der Waals surface area contributed by atoms with E-state index >= 15 is 0 Å². The fourth-order valence-corrected chi connectivity index (χ4v) is 7.75. The molecule has 6 rings (SSSR count). The Kier molecular flexibility index (Phi) is 5.06. The topological polar surface area (TPSA) is 110 Å². The summed E-state index contributed by atoms with van der Waals surface area (Å²) >= 11 is 7.13. The number of hydrogen-bond donors (Lipinski definition) is 1. The summed E-state index contributed by atoms with van der Waals surface area (Å²) in [6.07, 6.45) is 7.11. The molecule has 2 aromatic heterocycles. The van der Waals surface area contributed by atoms with Crippen molar-refractivity contribution < 1.29 is 14.3 Å². The van der Waals surface area contributed by atoms with E-state index in [1.807, 2.05) is 4.68 Å². The zero-order valence-electron chi connectivity index (χ0n) is 18.0. The summed E-state index contributed by atoms with van der Waals surface area (Å²) in [5, 5.41) is 17.8. The molecule has 0 saturated heterocycles. The van der Waals surface area contributed by atoms with Crippen LogP contribution in [-0.4, -0.2) is 33.2 Å². The number of rotatable bonds is 5. The summed E-state index contributed by atoms with van der Waals surface area (Å²) < 4.78 is 6.99. The highest BCUT2D eigenvalue weighted by Gasteiger charge is 2.61. The predicted octanol–water partition coefficient (Wildman–Crippen LogP) is 4.28. The normalized spacial score (nSPS) is 30.2. The molecule has 10 heteroatoms. The third kappa shape index (κ3) is 3.23. The zero-order chi connectivity index (χ0) is 22.7. The van der Waals surface area contributed by atoms with Crippen LogP contribution < -0.4 is 5.32 Å². The largest absolute Gasteiger partial charge is 0.462 e. The van der Waals surface area contributed by atoms with Gasteiger partial charge in [-0.05, 0) is 81.4 Å². The maximum Gasteiger partial charge on any atom is 0.348 e. The van der Waals surface area contributed by atoms with Gasteiger partial charge in [0.05, 0.1) is 23.1 Å². The van der Waals surface area contributed by atoms with Crippen molar-refractivity contribution in [2.45, 2.75) is 57.9 Å². The van der Waals surface area contributed by atoms with Crippen molar-refractivity contribution in [3.8, 4) is 6.07 Å². The molecule has 4 aliphatic rings. The predicted molar refractivity (Wildman–Crippen MR) is 118 cm³/mol. The van der Waals surface area contributed by atoms with Gasteiger partial charge in [0.25, 0.3) is 0 Å². The van der Waals surface area contributed by atoms with E-state index in [4.69, 9.17) is 16.3 Å². The molecule has 2 unspecified atom stereocenters. The maximum absolute atomic E-state index is 13.7. The average Bonchev–Trinajstić information content (AvgIpc) is 3.31. The number of nitrogens with zero attached hydrogens (tertiary/aromatic N) is 4. The molecule has 0 spiro atoms. The Bertz CT molecular complexity index is 1140. The van der Waals surface area contributed by atoms with Crippen molar-refractivity contribution in [1.29, 1.82) is 5.26 Å². The summed E-state index contributed by atoms with van der Waals surface area (Å²) in [5.41, 5.74) is 0.0950. The number of esters is 1. The molecule has 1 amide bonds. The van der Waals surface area contributed by atoms with Crippen LogP contribution in [0.4, 0.5) is 5.00 Å². The van der Waals surface area contributed by atoms with Gasteiger partial charge >= 0.3 is 5.97 Å². The van der Waals surface area contributed by atoms with Crippen LogP contribution in [0.3, 0.4) is 0 Å². The van der Waals surface area contributed by atoms with E-state index in [0.717, 1.165) is 43.4 Å². The molecule has 4 fully saturated rings.